The van der Waals surface area contributed by atoms with Crippen LogP contribution in [0.4, 0.5) is 0 Å². The van der Waals surface area contributed by atoms with Gasteiger partial charge in [0.05, 0.1) is 0 Å². The Kier molecular flexibility index (Phi) is 4.05. The third-order valence-electron chi connectivity index (χ3n) is 5.56. The number of hydrogen-bond donors (Lipinski definition) is 0. The van der Waals surface area contributed by atoms with E-state index in [0.717, 1.165) is 11.4 Å². The van der Waals surface area contributed by atoms with Gasteiger partial charge in [-0.15, -0.1) is 0 Å². The summed E-state index contributed by atoms with van der Waals surface area (Å²) < 4.78 is 0. The van der Waals surface area contributed by atoms with Gasteiger partial charge in [0.25, 0.3) is 0 Å². The fourth-order valence-electron chi connectivity index (χ4n) is 4.33. The largest absolute Gasteiger partial charge is 0.279 e. The predicted molar refractivity (Wildman–Crippen MR) is 119 cm³/mol. The summed E-state index contributed by atoms with van der Waals surface area (Å²) in [7, 11) is 0. The number of allylic oxidation sites excluding steroid dienone is 4. The van der Waals surface area contributed by atoms with Crippen LogP contribution in [-0.2, 0) is 0 Å². The molecule has 0 aromatic heterocycles. The second-order valence-electron chi connectivity index (χ2n) is 7.52. The Morgan fingerprint density at radius 3 is 1.36 bits per heavy atom. The van der Waals surface area contributed by atoms with Crippen LogP contribution < -0.4 is 0 Å². The van der Waals surface area contributed by atoms with Crippen LogP contribution in [0.2, 0.25) is 0 Å². The first-order valence-electron chi connectivity index (χ1n) is 9.76. The maximum absolute atomic E-state index is 5.02. The van der Waals surface area contributed by atoms with E-state index < -0.39 is 0 Å². The summed E-state index contributed by atoms with van der Waals surface area (Å²) in [5.74, 6) is 0. The van der Waals surface area contributed by atoms with E-state index in [1.54, 1.807) is 0 Å². The zero-order valence-electron chi connectivity index (χ0n) is 16.1. The van der Waals surface area contributed by atoms with E-state index in [1.165, 1.54) is 33.4 Å². The fraction of sp³-hybridized carbons (Fsp3) is 0.154. The van der Waals surface area contributed by atoms with Gasteiger partial charge in [-0.2, -0.15) is 0 Å². The molecule has 2 heterocycles. The van der Waals surface area contributed by atoms with Crippen molar-refractivity contribution in [2.24, 2.45) is 9.98 Å². The summed E-state index contributed by atoms with van der Waals surface area (Å²) in [5, 5.41) is 0. The molecule has 0 fully saturated rings. The lowest BCUT2D eigenvalue weighted by Gasteiger charge is -2.35. The first-order chi connectivity index (χ1) is 13.7. The summed E-state index contributed by atoms with van der Waals surface area (Å²) >= 11 is 0. The van der Waals surface area contributed by atoms with Crippen molar-refractivity contribution in [1.82, 2.24) is 0 Å². The molecule has 0 N–H and O–H groups in total. The molecule has 0 saturated carbocycles. The van der Waals surface area contributed by atoms with Gasteiger partial charge in [0, 0.05) is 11.4 Å². The first-order valence-corrected chi connectivity index (χ1v) is 9.76. The molecule has 28 heavy (non-hydrogen) atoms. The normalized spacial score (nSPS) is 23.2. The van der Waals surface area contributed by atoms with Crippen molar-refractivity contribution in [3.05, 3.63) is 107 Å². The van der Waals surface area contributed by atoms with Crippen LogP contribution >= 0.6 is 0 Å². The molecule has 0 saturated heterocycles. The van der Waals surface area contributed by atoms with Gasteiger partial charge >= 0.3 is 0 Å². The highest BCUT2D eigenvalue weighted by molar-refractivity contribution is 6.08. The van der Waals surface area contributed by atoms with E-state index in [1.807, 2.05) is 0 Å². The van der Waals surface area contributed by atoms with Crippen LogP contribution in [0.1, 0.15) is 25.0 Å². The molecule has 0 bridgehead atoms. The molecule has 2 aromatic rings. The van der Waals surface area contributed by atoms with Crippen molar-refractivity contribution in [2.75, 3.05) is 0 Å². The molecule has 2 atom stereocenters. The topological polar surface area (TPSA) is 24.7 Å². The third kappa shape index (κ3) is 2.82. The zero-order valence-corrected chi connectivity index (χ0v) is 16.1. The number of aliphatic imine (C=N–C) groups is 2. The molecular formula is C26H22N2. The highest BCUT2D eigenvalue weighted by Gasteiger charge is 2.36. The van der Waals surface area contributed by atoms with Crippen LogP contribution in [0.5, 0.6) is 0 Å². The molecule has 2 heteroatoms. The lowest BCUT2D eigenvalue weighted by molar-refractivity contribution is 0.662. The quantitative estimate of drug-likeness (QED) is 0.654. The van der Waals surface area contributed by atoms with Gasteiger partial charge in [0.15, 0.2) is 0 Å². The van der Waals surface area contributed by atoms with Crippen LogP contribution in [-0.4, -0.2) is 23.5 Å². The zero-order chi connectivity index (χ0) is 19.1. The van der Waals surface area contributed by atoms with Crippen molar-refractivity contribution in [3.8, 4) is 0 Å². The molecule has 5 rings (SSSR count). The molecule has 1 aliphatic carbocycles. The molecule has 0 radical (unpaired) electrons. The fourth-order valence-corrected chi connectivity index (χ4v) is 4.33. The van der Waals surface area contributed by atoms with E-state index in [9.17, 15) is 0 Å². The van der Waals surface area contributed by atoms with E-state index in [4.69, 9.17) is 9.98 Å². The highest BCUT2D eigenvalue weighted by Crippen LogP contribution is 2.42. The highest BCUT2D eigenvalue weighted by atomic mass is 14.9. The number of hydrogen-bond acceptors (Lipinski definition) is 2. The number of rotatable bonds is 2. The van der Waals surface area contributed by atoms with Crippen molar-refractivity contribution < 1.29 is 0 Å². The van der Waals surface area contributed by atoms with Gasteiger partial charge in [-0.3, -0.25) is 9.98 Å². The molecule has 136 valence electrons. The van der Waals surface area contributed by atoms with Gasteiger partial charge in [-0.05, 0) is 59.4 Å². The molecule has 2 nitrogen and oxygen atoms in total. The van der Waals surface area contributed by atoms with Crippen molar-refractivity contribution in [3.63, 3.8) is 0 Å². The summed E-state index contributed by atoms with van der Waals surface area (Å²) in [6, 6.07) is 21.2. The second kappa shape index (κ2) is 6.72. The minimum Gasteiger partial charge on any atom is -0.279 e. The molecule has 2 aliphatic heterocycles. The van der Waals surface area contributed by atoms with Crippen LogP contribution in [0.25, 0.3) is 11.1 Å². The minimum atomic E-state index is 0.0302. The minimum absolute atomic E-state index is 0.0302. The monoisotopic (exact) mass is 362 g/mol. The Labute approximate surface area is 166 Å². The Bertz CT molecular complexity index is 1020. The molecule has 0 spiro atoms. The predicted octanol–water partition coefficient (Wildman–Crippen LogP) is 5.71. The van der Waals surface area contributed by atoms with Crippen molar-refractivity contribution >= 4 is 22.6 Å². The van der Waals surface area contributed by atoms with Crippen LogP contribution in [0.15, 0.2) is 106 Å². The SMILES string of the molecule is CC1=NC2C(=CC=C3C(c4ccccc4)=CC(C)=NC32)C(c2ccccc2)=C1. The van der Waals surface area contributed by atoms with Crippen LogP contribution in [0.3, 0.4) is 0 Å². The Morgan fingerprint density at radius 2 is 0.964 bits per heavy atom. The summed E-state index contributed by atoms with van der Waals surface area (Å²) in [6.07, 6.45) is 8.89. The average molecular weight is 362 g/mol. The molecule has 3 aliphatic rings. The number of benzene rings is 2. The van der Waals surface area contributed by atoms with E-state index in [0.29, 0.717) is 0 Å². The van der Waals surface area contributed by atoms with Gasteiger partial charge < -0.3 is 0 Å². The van der Waals surface area contributed by atoms with E-state index >= 15 is 0 Å². The number of fused-ring (bicyclic) bond motifs is 3. The lowest BCUT2D eigenvalue weighted by atomic mass is 9.76. The first kappa shape index (κ1) is 16.9. The van der Waals surface area contributed by atoms with Crippen LogP contribution in [0, 0.1) is 0 Å². The van der Waals surface area contributed by atoms with E-state index in [2.05, 4.69) is 98.8 Å². The second-order valence-corrected chi connectivity index (χ2v) is 7.52. The molecule has 2 aromatic carbocycles. The van der Waals surface area contributed by atoms with Gasteiger partial charge in [-0.1, -0.05) is 72.8 Å². The molecule has 0 amide bonds. The third-order valence-corrected chi connectivity index (χ3v) is 5.56. The lowest BCUT2D eigenvalue weighted by Crippen LogP contribution is -2.35. The maximum Gasteiger partial charge on any atom is 0.102 e. The number of dihydropyridines is 2. The number of nitrogens with zero attached hydrogens (tertiary/aromatic N) is 2. The maximum atomic E-state index is 5.02. The Hall–Kier alpha value is -3.26. The Balaban J connectivity index is 1.65. The Morgan fingerprint density at radius 1 is 0.571 bits per heavy atom. The van der Waals surface area contributed by atoms with Crippen molar-refractivity contribution in [2.45, 2.75) is 25.9 Å². The van der Waals surface area contributed by atoms with Gasteiger partial charge in [0.2, 0.25) is 0 Å². The summed E-state index contributed by atoms with van der Waals surface area (Å²) in [6.45, 7) is 4.18. The smallest absolute Gasteiger partial charge is 0.102 e. The average Bonchev–Trinajstić information content (AvgIpc) is 2.74. The summed E-state index contributed by atoms with van der Waals surface area (Å²) in [5.41, 5.74) is 9.64. The van der Waals surface area contributed by atoms with Crippen molar-refractivity contribution in [1.29, 1.82) is 0 Å². The van der Waals surface area contributed by atoms with Gasteiger partial charge in [0.1, 0.15) is 12.1 Å². The van der Waals surface area contributed by atoms with Gasteiger partial charge in [-0.25, -0.2) is 0 Å². The van der Waals surface area contributed by atoms with E-state index in [-0.39, 0.29) is 12.1 Å². The molecular weight excluding hydrogens is 340 g/mol. The standard InChI is InChI=1S/C26H22N2/c1-17-15-23(19-9-5-3-6-10-19)21-13-14-22-24(20-11-7-4-8-12-20)16-18(2)28-26(22)25(21)27-17/h3-16,25-26H,1-2H3. The summed E-state index contributed by atoms with van der Waals surface area (Å²) in [4.78, 5) is 10.0. The molecule has 2 unspecified atom stereocenters.